The lowest BCUT2D eigenvalue weighted by atomic mass is 9.88. The smallest absolute Gasteiger partial charge is 0.422 e. The summed E-state index contributed by atoms with van der Waals surface area (Å²) in [4.78, 5) is 25.7. The van der Waals surface area contributed by atoms with Gasteiger partial charge in [0.2, 0.25) is 0 Å². The van der Waals surface area contributed by atoms with Crippen LogP contribution in [-0.4, -0.2) is 43.8 Å². The van der Waals surface area contributed by atoms with Gasteiger partial charge in [0.25, 0.3) is 0 Å². The van der Waals surface area contributed by atoms with Crippen LogP contribution in [0, 0.1) is 5.41 Å². The maximum Gasteiger partial charge on any atom is 0.422 e. The Morgan fingerprint density at radius 3 is 2.39 bits per heavy atom. The van der Waals surface area contributed by atoms with E-state index in [1.165, 1.54) is 0 Å². The molecule has 8 heteroatoms. The van der Waals surface area contributed by atoms with E-state index in [0.717, 1.165) is 12.1 Å². The minimum atomic E-state index is -4.54. The van der Waals surface area contributed by atoms with Crippen molar-refractivity contribution in [1.82, 2.24) is 5.32 Å². The molecule has 1 aromatic carbocycles. The number of ketones is 1. The number of amides is 1. The van der Waals surface area contributed by atoms with E-state index < -0.39 is 18.9 Å². The number of halogens is 3. The fraction of sp³-hybridized carbons (Fsp3) is 0.600. The van der Waals surface area contributed by atoms with E-state index in [-0.39, 0.29) is 17.2 Å². The van der Waals surface area contributed by atoms with E-state index in [1.807, 2.05) is 17.0 Å². The van der Waals surface area contributed by atoms with E-state index in [0.29, 0.717) is 31.5 Å². The summed E-state index contributed by atoms with van der Waals surface area (Å²) in [6, 6.07) is 7.01. The molecular weight excluding hydrogens is 373 g/mol. The van der Waals surface area contributed by atoms with Crippen LogP contribution in [0.2, 0.25) is 0 Å². The number of carbonyl (C=O) groups excluding carboxylic acids is 2. The average molecular weight is 400 g/mol. The number of Topliss-reactive ketones (excluding diaryl/α,β-unsaturated/α-hetero) is 1. The second kappa shape index (κ2) is 8.84. The summed E-state index contributed by atoms with van der Waals surface area (Å²) in [5, 5.41) is 2.45. The van der Waals surface area contributed by atoms with Crippen LogP contribution in [0.3, 0.4) is 0 Å². The highest BCUT2D eigenvalue weighted by Crippen LogP contribution is 2.24. The molecule has 156 valence electrons. The van der Waals surface area contributed by atoms with Crippen molar-refractivity contribution in [3.8, 4) is 0 Å². The molecule has 0 aromatic heterocycles. The van der Waals surface area contributed by atoms with Crippen molar-refractivity contribution in [1.29, 1.82) is 0 Å². The van der Waals surface area contributed by atoms with Crippen LogP contribution in [0.1, 0.15) is 50.4 Å². The molecular formula is C20H27F3N2O3. The zero-order chi connectivity index (χ0) is 20.9. The zero-order valence-electron chi connectivity index (χ0n) is 16.4. The number of benzene rings is 1. The Morgan fingerprint density at radius 2 is 1.82 bits per heavy atom. The number of ether oxygens (including phenoxy) is 1. The van der Waals surface area contributed by atoms with Gasteiger partial charge in [0.15, 0.2) is 12.4 Å². The van der Waals surface area contributed by atoms with Gasteiger partial charge in [-0.2, -0.15) is 13.2 Å². The highest BCUT2D eigenvalue weighted by Gasteiger charge is 2.31. The lowest BCUT2D eigenvalue weighted by Crippen LogP contribution is -2.38. The number of nitrogens with one attached hydrogen (secondary N) is 1. The molecule has 0 spiro atoms. The summed E-state index contributed by atoms with van der Waals surface area (Å²) < 4.78 is 40.4. The van der Waals surface area contributed by atoms with E-state index in [2.05, 4.69) is 30.8 Å². The molecule has 1 aliphatic rings. The maximum absolute atomic E-state index is 12.3. The van der Waals surface area contributed by atoms with E-state index >= 15 is 0 Å². The minimum Gasteiger partial charge on any atom is -0.440 e. The third kappa shape index (κ3) is 7.40. The Labute approximate surface area is 163 Å². The molecule has 1 fully saturated rings. The molecule has 1 aliphatic heterocycles. The van der Waals surface area contributed by atoms with Crippen LogP contribution in [0.25, 0.3) is 0 Å². The number of alkyl carbamates (subject to hydrolysis) is 1. The Kier molecular flexibility index (Phi) is 6.96. The molecule has 2 rings (SSSR count). The summed E-state index contributed by atoms with van der Waals surface area (Å²) in [6.45, 7) is 5.82. The van der Waals surface area contributed by atoms with Crippen molar-refractivity contribution >= 4 is 17.6 Å². The molecule has 28 heavy (non-hydrogen) atoms. The van der Waals surface area contributed by atoms with Crippen LogP contribution in [-0.2, 0) is 4.74 Å². The Morgan fingerprint density at radius 1 is 1.18 bits per heavy atom. The zero-order valence-corrected chi connectivity index (χ0v) is 16.4. The number of rotatable bonds is 6. The second-order valence-corrected chi connectivity index (χ2v) is 8.30. The number of hydrogen-bond acceptors (Lipinski definition) is 4. The SMILES string of the molecule is CC(C)(C)CCC(=O)c1ccc(N2CC[C@H](NC(=O)OCC(F)(F)F)C2)cc1. The molecule has 1 aromatic rings. The summed E-state index contributed by atoms with van der Waals surface area (Å²) in [6.07, 6.45) is -3.68. The molecule has 5 nitrogen and oxygen atoms in total. The Bertz CT molecular complexity index is 681. The van der Waals surface area contributed by atoms with Crippen molar-refractivity contribution in [3.05, 3.63) is 29.8 Å². The van der Waals surface area contributed by atoms with Crippen LogP contribution >= 0.6 is 0 Å². The number of anilines is 1. The largest absolute Gasteiger partial charge is 0.440 e. The monoisotopic (exact) mass is 400 g/mol. The molecule has 1 amide bonds. The van der Waals surface area contributed by atoms with Gasteiger partial charge in [-0.3, -0.25) is 4.79 Å². The van der Waals surface area contributed by atoms with Gasteiger partial charge in [-0.25, -0.2) is 4.79 Å². The fourth-order valence-corrected chi connectivity index (χ4v) is 2.96. The lowest BCUT2D eigenvalue weighted by Gasteiger charge is -2.20. The van der Waals surface area contributed by atoms with Gasteiger partial charge >= 0.3 is 12.3 Å². The summed E-state index contributed by atoms with van der Waals surface area (Å²) in [7, 11) is 0. The molecule has 0 saturated carbocycles. The predicted octanol–water partition coefficient (Wildman–Crippen LogP) is 4.56. The molecule has 1 heterocycles. The van der Waals surface area contributed by atoms with Gasteiger partial charge in [-0.05, 0) is 42.5 Å². The number of carbonyl (C=O) groups is 2. The van der Waals surface area contributed by atoms with Crippen LogP contribution < -0.4 is 10.2 Å². The third-order valence-electron chi connectivity index (χ3n) is 4.53. The van der Waals surface area contributed by atoms with Crippen molar-refractivity contribution in [2.45, 2.75) is 52.3 Å². The van der Waals surface area contributed by atoms with Gasteiger partial charge in [0, 0.05) is 30.8 Å². The first-order chi connectivity index (χ1) is 12.9. The van der Waals surface area contributed by atoms with Crippen LogP contribution in [0.15, 0.2) is 24.3 Å². The molecule has 1 saturated heterocycles. The summed E-state index contributed by atoms with van der Waals surface area (Å²) >= 11 is 0. The Hall–Kier alpha value is -2.25. The molecule has 0 radical (unpaired) electrons. The molecule has 0 bridgehead atoms. The van der Waals surface area contributed by atoms with Crippen molar-refractivity contribution in [3.63, 3.8) is 0 Å². The topological polar surface area (TPSA) is 58.6 Å². The molecule has 1 atom stereocenters. The first kappa shape index (κ1) is 22.0. The second-order valence-electron chi connectivity index (χ2n) is 8.30. The van der Waals surface area contributed by atoms with E-state index in [1.54, 1.807) is 12.1 Å². The molecule has 0 aliphatic carbocycles. The third-order valence-corrected chi connectivity index (χ3v) is 4.53. The number of nitrogens with zero attached hydrogens (tertiary/aromatic N) is 1. The van der Waals surface area contributed by atoms with Gasteiger partial charge < -0.3 is 15.0 Å². The Balaban J connectivity index is 1.83. The van der Waals surface area contributed by atoms with Gasteiger partial charge in [0.1, 0.15) is 0 Å². The number of alkyl halides is 3. The highest BCUT2D eigenvalue weighted by molar-refractivity contribution is 5.96. The average Bonchev–Trinajstić information content (AvgIpc) is 3.05. The van der Waals surface area contributed by atoms with Crippen molar-refractivity contribution in [2.24, 2.45) is 5.41 Å². The highest BCUT2D eigenvalue weighted by atomic mass is 19.4. The molecule has 0 unspecified atom stereocenters. The number of hydrogen-bond donors (Lipinski definition) is 1. The van der Waals surface area contributed by atoms with Crippen molar-refractivity contribution < 1.29 is 27.5 Å². The molecule has 1 N–H and O–H groups in total. The first-order valence-electron chi connectivity index (χ1n) is 9.31. The van der Waals surface area contributed by atoms with Crippen molar-refractivity contribution in [2.75, 3.05) is 24.6 Å². The summed E-state index contributed by atoms with van der Waals surface area (Å²) in [5.41, 5.74) is 1.67. The van der Waals surface area contributed by atoms with Gasteiger partial charge in [0.05, 0.1) is 6.04 Å². The minimum absolute atomic E-state index is 0.106. The lowest BCUT2D eigenvalue weighted by molar-refractivity contribution is -0.160. The van der Waals surface area contributed by atoms with Crippen LogP contribution in [0.4, 0.5) is 23.7 Å². The predicted molar refractivity (Wildman–Crippen MR) is 101 cm³/mol. The normalized spacial score (nSPS) is 17.5. The quantitative estimate of drug-likeness (QED) is 0.711. The van der Waals surface area contributed by atoms with E-state index in [4.69, 9.17) is 0 Å². The van der Waals surface area contributed by atoms with E-state index in [9.17, 15) is 22.8 Å². The first-order valence-corrected chi connectivity index (χ1v) is 9.31. The fourth-order valence-electron chi connectivity index (χ4n) is 2.96. The van der Waals surface area contributed by atoms with Crippen LogP contribution in [0.5, 0.6) is 0 Å². The van der Waals surface area contributed by atoms with Gasteiger partial charge in [-0.15, -0.1) is 0 Å². The summed E-state index contributed by atoms with van der Waals surface area (Å²) in [5.74, 6) is 0.106. The standard InChI is InChI=1S/C20H27F3N2O3/c1-19(2,3)10-8-17(26)14-4-6-16(7-5-14)25-11-9-15(12-25)24-18(27)28-13-20(21,22)23/h4-7,15H,8-13H2,1-3H3,(H,24,27)/t15-/m0/s1. The van der Waals surface area contributed by atoms with Gasteiger partial charge in [-0.1, -0.05) is 20.8 Å². The maximum atomic E-state index is 12.3.